The molecule has 4 aliphatic carbocycles. The number of aromatic nitrogens is 2. The molecule has 1 heterocycles. The zero-order valence-corrected chi connectivity index (χ0v) is 19.7. The monoisotopic (exact) mass is 441 g/mol. The predicted octanol–water partition coefficient (Wildman–Crippen LogP) is 6.52. The van der Waals surface area contributed by atoms with Gasteiger partial charge in [-0.15, -0.1) is 0 Å². The first-order valence-electron chi connectivity index (χ1n) is 12.9. The quantitative estimate of drug-likeness (QED) is 0.453. The molecule has 2 aromatic carbocycles. The molecule has 4 heteroatoms. The fraction of sp³-hybridized carbons (Fsp3) is 0.517. The van der Waals surface area contributed by atoms with Gasteiger partial charge in [-0.05, 0) is 92.4 Å². The summed E-state index contributed by atoms with van der Waals surface area (Å²) in [5, 5.41) is 3.34. The molecule has 0 spiro atoms. The molecule has 1 atom stereocenters. The molecule has 0 aliphatic heterocycles. The van der Waals surface area contributed by atoms with Crippen LogP contribution in [-0.4, -0.2) is 15.5 Å². The van der Waals surface area contributed by atoms with Crippen LogP contribution in [0.1, 0.15) is 80.5 Å². The first-order chi connectivity index (χ1) is 16.1. The summed E-state index contributed by atoms with van der Waals surface area (Å²) in [5.74, 6) is 3.82. The number of hydrogen-bond acceptors (Lipinski definition) is 2. The zero-order chi connectivity index (χ0) is 22.4. The fourth-order valence-corrected chi connectivity index (χ4v) is 7.73. The lowest BCUT2D eigenvalue weighted by Gasteiger charge is -2.57. The molecular weight excluding hydrogens is 406 g/mol. The van der Waals surface area contributed by atoms with E-state index in [2.05, 4.69) is 41.1 Å². The second-order valence-corrected chi connectivity index (χ2v) is 11.1. The van der Waals surface area contributed by atoms with Crippen molar-refractivity contribution < 1.29 is 4.79 Å². The Morgan fingerprint density at radius 2 is 1.64 bits per heavy atom. The number of para-hydroxylation sites is 2. The summed E-state index contributed by atoms with van der Waals surface area (Å²) in [4.78, 5) is 18.2. The van der Waals surface area contributed by atoms with Crippen molar-refractivity contribution >= 4 is 16.9 Å². The maximum absolute atomic E-state index is 13.1. The van der Waals surface area contributed by atoms with E-state index >= 15 is 0 Å². The van der Waals surface area contributed by atoms with Crippen LogP contribution in [0.15, 0.2) is 54.6 Å². The van der Waals surface area contributed by atoms with Crippen LogP contribution in [0.2, 0.25) is 0 Å². The maximum atomic E-state index is 13.1. The molecule has 1 unspecified atom stereocenters. The molecule has 0 radical (unpaired) electrons. The summed E-state index contributed by atoms with van der Waals surface area (Å²) < 4.78 is 2.49. The lowest BCUT2D eigenvalue weighted by atomic mass is 9.49. The summed E-state index contributed by atoms with van der Waals surface area (Å²) >= 11 is 0. The van der Waals surface area contributed by atoms with Crippen molar-refractivity contribution in [3.8, 4) is 0 Å². The summed E-state index contributed by atoms with van der Waals surface area (Å²) in [6.07, 6.45) is 10.4. The van der Waals surface area contributed by atoms with E-state index in [0.29, 0.717) is 11.0 Å². The van der Waals surface area contributed by atoms with Gasteiger partial charge in [0, 0.05) is 12.1 Å². The zero-order valence-electron chi connectivity index (χ0n) is 19.7. The summed E-state index contributed by atoms with van der Waals surface area (Å²) in [6.45, 7) is 3.24. The largest absolute Gasteiger partial charge is 0.342 e. The minimum Gasteiger partial charge on any atom is -0.342 e. The highest BCUT2D eigenvalue weighted by atomic mass is 16.1. The van der Waals surface area contributed by atoms with Gasteiger partial charge in [-0.2, -0.15) is 0 Å². The van der Waals surface area contributed by atoms with Crippen LogP contribution < -0.4 is 5.32 Å². The molecule has 0 saturated heterocycles. The van der Waals surface area contributed by atoms with E-state index < -0.39 is 0 Å². The van der Waals surface area contributed by atoms with Crippen LogP contribution in [-0.2, 0) is 6.54 Å². The molecule has 33 heavy (non-hydrogen) atoms. The average Bonchev–Trinajstić information content (AvgIpc) is 3.16. The van der Waals surface area contributed by atoms with Gasteiger partial charge < -0.3 is 9.88 Å². The van der Waals surface area contributed by atoms with E-state index in [1.165, 1.54) is 44.0 Å². The second kappa shape index (κ2) is 8.30. The van der Waals surface area contributed by atoms with Gasteiger partial charge in [0.25, 0.3) is 5.91 Å². The Kier molecular flexibility index (Phi) is 5.27. The third kappa shape index (κ3) is 3.88. The lowest BCUT2D eigenvalue weighted by Crippen LogP contribution is -2.48. The van der Waals surface area contributed by atoms with Crippen LogP contribution in [0.3, 0.4) is 0 Å². The molecule has 1 aromatic heterocycles. The maximum Gasteiger partial charge on any atom is 0.251 e. The number of carbonyl (C=O) groups excluding carboxylic acids is 1. The second-order valence-electron chi connectivity index (χ2n) is 11.1. The summed E-state index contributed by atoms with van der Waals surface area (Å²) in [7, 11) is 0. The first kappa shape index (κ1) is 20.9. The Bertz CT molecular complexity index is 1110. The predicted molar refractivity (Wildman–Crippen MR) is 132 cm³/mol. The van der Waals surface area contributed by atoms with E-state index in [0.717, 1.165) is 48.5 Å². The number of imidazole rings is 1. The number of benzene rings is 2. The van der Waals surface area contributed by atoms with Gasteiger partial charge >= 0.3 is 0 Å². The highest BCUT2D eigenvalue weighted by molar-refractivity contribution is 5.94. The summed E-state index contributed by atoms with van der Waals surface area (Å²) in [6, 6.07) is 18.0. The van der Waals surface area contributed by atoms with Gasteiger partial charge in [0.05, 0.1) is 17.1 Å². The molecule has 4 fully saturated rings. The lowest BCUT2D eigenvalue weighted by molar-refractivity contribution is -0.0618. The number of carbonyl (C=O) groups is 1. The Hall–Kier alpha value is -2.62. The van der Waals surface area contributed by atoms with Crippen LogP contribution >= 0.6 is 0 Å². The van der Waals surface area contributed by atoms with Crippen LogP contribution in [0.4, 0.5) is 0 Å². The van der Waals surface area contributed by atoms with Crippen molar-refractivity contribution in [3.63, 3.8) is 0 Å². The normalized spacial score (nSPS) is 28.8. The van der Waals surface area contributed by atoms with Gasteiger partial charge in [-0.3, -0.25) is 4.79 Å². The number of rotatable bonds is 7. The van der Waals surface area contributed by atoms with E-state index in [1.807, 2.05) is 30.3 Å². The van der Waals surface area contributed by atoms with E-state index in [-0.39, 0.29) is 11.9 Å². The van der Waals surface area contributed by atoms with Crippen molar-refractivity contribution in [2.24, 2.45) is 23.2 Å². The Labute approximate surface area is 196 Å². The van der Waals surface area contributed by atoms with Crippen molar-refractivity contribution in [2.45, 2.75) is 70.9 Å². The third-order valence-electron chi connectivity index (χ3n) is 8.57. The average molecular weight is 442 g/mol. The molecule has 4 bridgehead atoms. The number of nitrogens with one attached hydrogen (secondary N) is 1. The first-order valence-corrected chi connectivity index (χ1v) is 12.9. The van der Waals surface area contributed by atoms with E-state index in [9.17, 15) is 4.79 Å². The molecule has 1 amide bonds. The molecular formula is C29H35N3O. The van der Waals surface area contributed by atoms with Crippen molar-refractivity contribution in [1.82, 2.24) is 14.9 Å². The van der Waals surface area contributed by atoms with Gasteiger partial charge in [0.1, 0.15) is 5.82 Å². The number of nitrogens with zero attached hydrogens (tertiary/aromatic N) is 2. The van der Waals surface area contributed by atoms with Gasteiger partial charge in [-0.1, -0.05) is 43.7 Å². The van der Waals surface area contributed by atoms with Crippen molar-refractivity contribution in [2.75, 3.05) is 0 Å². The molecule has 7 rings (SSSR count). The standard InChI is InChI=1S/C29H35N3O/c1-2-8-25(31-28(33)23-9-4-3-5-10-23)27-30-24-11-6-7-12-26(24)32(27)19-29-16-20-13-21(17-29)15-22(14-20)18-29/h3-7,9-12,20-22,25H,2,8,13-19H2,1H3,(H,31,33). The smallest absolute Gasteiger partial charge is 0.251 e. The van der Waals surface area contributed by atoms with Crippen molar-refractivity contribution in [1.29, 1.82) is 0 Å². The van der Waals surface area contributed by atoms with Gasteiger partial charge in [-0.25, -0.2) is 4.98 Å². The van der Waals surface area contributed by atoms with E-state index in [4.69, 9.17) is 4.98 Å². The minimum atomic E-state index is -0.0796. The minimum absolute atomic E-state index is 0.0116. The topological polar surface area (TPSA) is 46.9 Å². The molecule has 3 aromatic rings. The number of hydrogen-bond donors (Lipinski definition) is 1. The molecule has 4 nitrogen and oxygen atoms in total. The molecule has 1 N–H and O–H groups in total. The van der Waals surface area contributed by atoms with Gasteiger partial charge in [0.2, 0.25) is 0 Å². The fourth-order valence-electron chi connectivity index (χ4n) is 7.73. The van der Waals surface area contributed by atoms with Crippen molar-refractivity contribution in [3.05, 3.63) is 66.0 Å². The summed E-state index contributed by atoms with van der Waals surface area (Å²) in [5.41, 5.74) is 3.39. The number of amides is 1. The Morgan fingerprint density at radius 3 is 2.30 bits per heavy atom. The number of fused-ring (bicyclic) bond motifs is 1. The van der Waals surface area contributed by atoms with Gasteiger partial charge in [0.15, 0.2) is 0 Å². The van der Waals surface area contributed by atoms with E-state index in [1.54, 1.807) is 0 Å². The Balaban J connectivity index is 1.37. The third-order valence-corrected chi connectivity index (χ3v) is 8.57. The van der Waals surface area contributed by atoms with Crippen LogP contribution in [0, 0.1) is 23.2 Å². The van der Waals surface area contributed by atoms with Crippen LogP contribution in [0.25, 0.3) is 11.0 Å². The van der Waals surface area contributed by atoms with Crippen LogP contribution in [0.5, 0.6) is 0 Å². The molecule has 4 aliphatic rings. The highest BCUT2D eigenvalue weighted by Gasteiger charge is 2.51. The highest BCUT2D eigenvalue weighted by Crippen LogP contribution is 2.60. The molecule has 4 saturated carbocycles. The molecule has 172 valence electrons. The Morgan fingerprint density at radius 1 is 1.00 bits per heavy atom. The SMILES string of the molecule is CCCC(NC(=O)c1ccccc1)c1nc2ccccc2n1CC12CC3CC(CC(C3)C1)C2.